The lowest BCUT2D eigenvalue weighted by Crippen LogP contribution is -2.29. The zero-order chi connectivity index (χ0) is 14.6. The van der Waals surface area contributed by atoms with E-state index in [1.54, 1.807) is 0 Å². The summed E-state index contributed by atoms with van der Waals surface area (Å²) in [4.78, 5) is 33.4. The van der Waals surface area contributed by atoms with E-state index in [2.05, 4.69) is 0 Å². The van der Waals surface area contributed by atoms with E-state index in [9.17, 15) is 19.7 Å². The van der Waals surface area contributed by atoms with Crippen LogP contribution < -0.4 is 0 Å². The van der Waals surface area contributed by atoms with E-state index >= 15 is 0 Å². The molecule has 1 aromatic carbocycles. The first-order valence-electron chi connectivity index (χ1n) is 5.24. The van der Waals surface area contributed by atoms with Crippen LogP contribution in [0.4, 0.5) is 5.69 Å². The number of hydrogen-bond acceptors (Lipinski definition) is 4. The Bertz CT molecular complexity index is 532. The fourth-order valence-electron chi connectivity index (χ4n) is 1.37. The minimum absolute atomic E-state index is 0.0444. The molecule has 0 unspecified atom stereocenters. The monoisotopic (exact) mass is 286 g/mol. The minimum Gasteiger partial charge on any atom is -0.481 e. The van der Waals surface area contributed by atoms with Crippen LogP contribution in [0.5, 0.6) is 0 Å². The van der Waals surface area contributed by atoms with Gasteiger partial charge in [0.1, 0.15) is 5.02 Å². The molecule has 0 saturated carbocycles. The second-order valence-electron chi connectivity index (χ2n) is 3.79. The van der Waals surface area contributed by atoms with Crippen molar-refractivity contribution >= 4 is 29.2 Å². The molecule has 0 atom stereocenters. The van der Waals surface area contributed by atoms with Crippen LogP contribution in [-0.2, 0) is 4.79 Å². The van der Waals surface area contributed by atoms with E-state index in [-0.39, 0.29) is 29.2 Å². The molecule has 0 aromatic heterocycles. The van der Waals surface area contributed by atoms with Crippen LogP contribution in [0.2, 0.25) is 5.02 Å². The standard InChI is InChI=1S/C11H11ClN2O5/c1-13(5-4-10(15)16)11(17)7-2-3-9(14(18)19)8(12)6-7/h2-3,6H,4-5H2,1H3,(H,15,16). The Hall–Kier alpha value is -2.15. The fourth-order valence-corrected chi connectivity index (χ4v) is 1.62. The fraction of sp³-hybridized carbons (Fsp3) is 0.273. The summed E-state index contributed by atoms with van der Waals surface area (Å²) >= 11 is 5.69. The summed E-state index contributed by atoms with van der Waals surface area (Å²) in [6.45, 7) is 0.0444. The number of aliphatic carboxylic acids is 1. The van der Waals surface area contributed by atoms with Gasteiger partial charge in [0, 0.05) is 25.2 Å². The van der Waals surface area contributed by atoms with Crippen LogP contribution in [0.25, 0.3) is 0 Å². The summed E-state index contributed by atoms with van der Waals surface area (Å²) in [5, 5.41) is 19.0. The van der Waals surface area contributed by atoms with Gasteiger partial charge in [-0.2, -0.15) is 0 Å². The molecule has 1 amide bonds. The van der Waals surface area contributed by atoms with Crippen molar-refractivity contribution in [1.29, 1.82) is 0 Å². The average Bonchev–Trinajstić information content (AvgIpc) is 2.34. The SMILES string of the molecule is CN(CCC(=O)O)C(=O)c1ccc([N+](=O)[O-])c(Cl)c1. The van der Waals surface area contributed by atoms with Crippen LogP contribution in [0.15, 0.2) is 18.2 Å². The molecule has 1 rings (SSSR count). The van der Waals surface area contributed by atoms with Gasteiger partial charge in [0.2, 0.25) is 0 Å². The average molecular weight is 287 g/mol. The minimum atomic E-state index is -1.01. The van der Waals surface area contributed by atoms with Crippen molar-refractivity contribution in [2.24, 2.45) is 0 Å². The van der Waals surface area contributed by atoms with Gasteiger partial charge in [0.25, 0.3) is 11.6 Å². The second-order valence-corrected chi connectivity index (χ2v) is 4.20. The van der Waals surface area contributed by atoms with E-state index in [1.807, 2.05) is 0 Å². The molecule has 0 radical (unpaired) electrons. The molecule has 0 saturated heterocycles. The summed E-state index contributed by atoms with van der Waals surface area (Å²) in [6.07, 6.45) is -0.178. The van der Waals surface area contributed by atoms with Crippen LogP contribution in [-0.4, -0.2) is 40.4 Å². The smallest absolute Gasteiger partial charge is 0.305 e. The molecule has 102 valence electrons. The zero-order valence-electron chi connectivity index (χ0n) is 10.00. The number of carbonyl (C=O) groups excluding carboxylic acids is 1. The van der Waals surface area contributed by atoms with Crippen LogP contribution in [0.1, 0.15) is 16.8 Å². The van der Waals surface area contributed by atoms with Crippen LogP contribution in [0, 0.1) is 10.1 Å². The van der Waals surface area contributed by atoms with E-state index in [4.69, 9.17) is 16.7 Å². The van der Waals surface area contributed by atoms with E-state index < -0.39 is 16.8 Å². The van der Waals surface area contributed by atoms with Crippen molar-refractivity contribution in [2.45, 2.75) is 6.42 Å². The van der Waals surface area contributed by atoms with Gasteiger partial charge in [-0.15, -0.1) is 0 Å². The predicted molar refractivity (Wildman–Crippen MR) is 67.3 cm³/mol. The largest absolute Gasteiger partial charge is 0.481 e. The maximum atomic E-state index is 11.9. The Morgan fingerprint density at radius 1 is 1.47 bits per heavy atom. The molecule has 1 aromatic rings. The summed E-state index contributed by atoms with van der Waals surface area (Å²) in [7, 11) is 1.45. The molecule has 8 heteroatoms. The van der Waals surface area contributed by atoms with Crippen molar-refractivity contribution in [1.82, 2.24) is 4.90 Å². The number of nitro groups is 1. The molecule has 0 fully saturated rings. The lowest BCUT2D eigenvalue weighted by Gasteiger charge is -2.16. The number of carboxylic acid groups (broad SMARTS) is 1. The molecule has 0 aliphatic rings. The zero-order valence-corrected chi connectivity index (χ0v) is 10.8. The Labute approximate surface area is 113 Å². The van der Waals surface area contributed by atoms with Gasteiger partial charge in [-0.05, 0) is 12.1 Å². The quantitative estimate of drug-likeness (QED) is 0.657. The highest BCUT2D eigenvalue weighted by Crippen LogP contribution is 2.25. The molecule has 0 spiro atoms. The molecular formula is C11H11ClN2O5. The van der Waals surface area contributed by atoms with Gasteiger partial charge in [-0.25, -0.2) is 0 Å². The van der Waals surface area contributed by atoms with Crippen LogP contribution >= 0.6 is 11.6 Å². The number of rotatable bonds is 5. The number of nitro benzene ring substituents is 1. The third-order valence-electron chi connectivity index (χ3n) is 2.40. The molecule has 0 aliphatic carbocycles. The normalized spacial score (nSPS) is 10.0. The van der Waals surface area contributed by atoms with Crippen molar-refractivity contribution in [3.05, 3.63) is 38.9 Å². The number of halogens is 1. The lowest BCUT2D eigenvalue weighted by atomic mass is 10.2. The first-order chi connectivity index (χ1) is 8.82. The van der Waals surface area contributed by atoms with Gasteiger partial charge < -0.3 is 10.0 Å². The van der Waals surface area contributed by atoms with E-state index in [0.717, 1.165) is 6.07 Å². The van der Waals surface area contributed by atoms with Crippen molar-refractivity contribution < 1.29 is 19.6 Å². The molecule has 0 bridgehead atoms. The number of nitrogens with zero attached hydrogens (tertiary/aromatic N) is 2. The molecule has 19 heavy (non-hydrogen) atoms. The lowest BCUT2D eigenvalue weighted by molar-refractivity contribution is -0.384. The Morgan fingerprint density at radius 3 is 2.58 bits per heavy atom. The van der Waals surface area contributed by atoms with Gasteiger partial charge in [0.15, 0.2) is 0 Å². The molecule has 0 heterocycles. The summed E-state index contributed by atoms with van der Waals surface area (Å²) in [5.41, 5.74) is -0.116. The first-order valence-corrected chi connectivity index (χ1v) is 5.62. The maximum Gasteiger partial charge on any atom is 0.305 e. The van der Waals surface area contributed by atoms with Crippen molar-refractivity contribution in [3.8, 4) is 0 Å². The highest BCUT2D eigenvalue weighted by atomic mass is 35.5. The number of hydrogen-bond donors (Lipinski definition) is 1. The van der Waals surface area contributed by atoms with E-state index in [1.165, 1.54) is 24.1 Å². The molecule has 0 aliphatic heterocycles. The molecule has 1 N–H and O–H groups in total. The van der Waals surface area contributed by atoms with Gasteiger partial charge in [-0.3, -0.25) is 19.7 Å². The van der Waals surface area contributed by atoms with Gasteiger partial charge >= 0.3 is 5.97 Å². The first kappa shape index (κ1) is 14.9. The number of carboxylic acids is 1. The van der Waals surface area contributed by atoms with Crippen molar-refractivity contribution in [3.63, 3.8) is 0 Å². The highest BCUT2D eigenvalue weighted by molar-refractivity contribution is 6.33. The van der Waals surface area contributed by atoms with Crippen LogP contribution in [0.3, 0.4) is 0 Å². The third-order valence-corrected chi connectivity index (χ3v) is 2.70. The number of benzene rings is 1. The third kappa shape index (κ3) is 3.92. The summed E-state index contributed by atoms with van der Waals surface area (Å²) in [5.74, 6) is -1.46. The second kappa shape index (κ2) is 6.14. The number of carbonyl (C=O) groups is 2. The number of amides is 1. The maximum absolute atomic E-state index is 11.9. The summed E-state index contributed by atoms with van der Waals surface area (Å²) < 4.78 is 0. The Morgan fingerprint density at radius 2 is 2.11 bits per heavy atom. The summed E-state index contributed by atoms with van der Waals surface area (Å²) in [6, 6.07) is 3.61. The topological polar surface area (TPSA) is 101 Å². The Balaban J connectivity index is 2.85. The predicted octanol–water partition coefficient (Wildman–Crippen LogP) is 1.79. The Kier molecular flexibility index (Phi) is 4.82. The van der Waals surface area contributed by atoms with Gasteiger partial charge in [0.05, 0.1) is 11.3 Å². The van der Waals surface area contributed by atoms with Crippen molar-refractivity contribution in [2.75, 3.05) is 13.6 Å². The highest BCUT2D eigenvalue weighted by Gasteiger charge is 2.17. The molecule has 7 nitrogen and oxygen atoms in total. The van der Waals surface area contributed by atoms with Gasteiger partial charge in [-0.1, -0.05) is 11.6 Å². The van der Waals surface area contributed by atoms with E-state index in [0.29, 0.717) is 0 Å². The molecular weight excluding hydrogens is 276 g/mol.